The van der Waals surface area contributed by atoms with Crippen molar-refractivity contribution in [3.8, 4) is 0 Å². The standard InChI is InChI=1S/C17H15F2NO/c18-13-6-3-5-12(11-13)16-9-4-10-20(16)17(21)14-7-1-2-8-15(14)19/h1-3,5-8,11,16H,4,9-10H2/t16-/m1/s1. The van der Waals surface area contributed by atoms with Gasteiger partial charge in [0.25, 0.3) is 5.91 Å². The highest BCUT2D eigenvalue weighted by atomic mass is 19.1. The molecule has 21 heavy (non-hydrogen) atoms. The van der Waals surface area contributed by atoms with Crippen LogP contribution in [0.15, 0.2) is 48.5 Å². The van der Waals surface area contributed by atoms with Crippen LogP contribution >= 0.6 is 0 Å². The van der Waals surface area contributed by atoms with Gasteiger partial charge in [0.15, 0.2) is 0 Å². The van der Waals surface area contributed by atoms with Crippen LogP contribution in [0.3, 0.4) is 0 Å². The van der Waals surface area contributed by atoms with Crippen LogP contribution in [0.1, 0.15) is 34.8 Å². The average Bonchev–Trinajstić information content (AvgIpc) is 2.96. The molecule has 1 aliphatic rings. The zero-order chi connectivity index (χ0) is 14.8. The molecule has 0 saturated carbocycles. The third-order valence-corrected chi connectivity index (χ3v) is 3.85. The van der Waals surface area contributed by atoms with Crippen molar-refractivity contribution in [3.05, 3.63) is 71.3 Å². The zero-order valence-corrected chi connectivity index (χ0v) is 11.4. The van der Waals surface area contributed by atoms with Gasteiger partial charge in [-0.3, -0.25) is 4.79 Å². The number of carbonyl (C=O) groups is 1. The van der Waals surface area contributed by atoms with E-state index in [9.17, 15) is 13.6 Å². The Morgan fingerprint density at radius 2 is 1.90 bits per heavy atom. The lowest BCUT2D eigenvalue weighted by Crippen LogP contribution is -2.31. The summed E-state index contributed by atoms with van der Waals surface area (Å²) in [5, 5.41) is 0. The van der Waals surface area contributed by atoms with Gasteiger partial charge in [0.2, 0.25) is 0 Å². The van der Waals surface area contributed by atoms with E-state index < -0.39 is 5.82 Å². The maximum atomic E-state index is 13.8. The monoisotopic (exact) mass is 287 g/mol. The van der Waals surface area contributed by atoms with Gasteiger partial charge in [-0.2, -0.15) is 0 Å². The molecule has 0 aromatic heterocycles. The summed E-state index contributed by atoms with van der Waals surface area (Å²) >= 11 is 0. The van der Waals surface area contributed by atoms with Crippen molar-refractivity contribution in [1.82, 2.24) is 4.90 Å². The highest BCUT2D eigenvalue weighted by Crippen LogP contribution is 2.33. The second kappa shape index (κ2) is 5.64. The fraction of sp³-hybridized carbons (Fsp3) is 0.235. The minimum Gasteiger partial charge on any atom is -0.332 e. The molecule has 0 aliphatic carbocycles. The van der Waals surface area contributed by atoms with E-state index in [0.717, 1.165) is 18.4 Å². The number of carbonyl (C=O) groups excluding carboxylic acids is 1. The summed E-state index contributed by atoms with van der Waals surface area (Å²) in [5.41, 5.74) is 0.831. The lowest BCUT2D eigenvalue weighted by atomic mass is 10.0. The molecule has 0 spiro atoms. The minimum absolute atomic E-state index is 0.0702. The maximum Gasteiger partial charge on any atom is 0.257 e. The molecule has 0 N–H and O–H groups in total. The molecule has 1 saturated heterocycles. The Bertz CT molecular complexity index is 671. The number of halogens is 2. The third kappa shape index (κ3) is 2.66. The molecule has 2 aromatic rings. The Morgan fingerprint density at radius 3 is 2.67 bits per heavy atom. The summed E-state index contributed by atoms with van der Waals surface area (Å²) in [6, 6.07) is 12.0. The molecule has 108 valence electrons. The number of nitrogens with zero attached hydrogens (tertiary/aromatic N) is 1. The van der Waals surface area contributed by atoms with Crippen molar-refractivity contribution < 1.29 is 13.6 Å². The summed E-state index contributed by atoms with van der Waals surface area (Å²) in [7, 11) is 0. The number of hydrogen-bond acceptors (Lipinski definition) is 1. The van der Waals surface area contributed by atoms with E-state index in [-0.39, 0.29) is 23.3 Å². The molecule has 1 fully saturated rings. The van der Waals surface area contributed by atoms with Gasteiger partial charge in [-0.25, -0.2) is 8.78 Å². The first kappa shape index (κ1) is 13.7. The SMILES string of the molecule is O=C(c1ccccc1F)N1CCC[C@@H]1c1cccc(F)c1. The van der Waals surface area contributed by atoms with Crippen LogP contribution in [-0.2, 0) is 0 Å². The van der Waals surface area contributed by atoms with Gasteiger partial charge in [-0.1, -0.05) is 24.3 Å². The second-order valence-electron chi connectivity index (χ2n) is 5.19. The lowest BCUT2D eigenvalue weighted by molar-refractivity contribution is 0.0730. The lowest BCUT2D eigenvalue weighted by Gasteiger charge is -2.25. The second-order valence-corrected chi connectivity index (χ2v) is 5.19. The molecule has 1 atom stereocenters. The van der Waals surface area contributed by atoms with Gasteiger partial charge < -0.3 is 4.90 Å². The molecule has 1 heterocycles. The number of amides is 1. The third-order valence-electron chi connectivity index (χ3n) is 3.85. The maximum absolute atomic E-state index is 13.8. The smallest absolute Gasteiger partial charge is 0.257 e. The van der Waals surface area contributed by atoms with E-state index in [1.807, 2.05) is 0 Å². The van der Waals surface area contributed by atoms with Crippen molar-refractivity contribution in [2.45, 2.75) is 18.9 Å². The molecule has 0 bridgehead atoms. The van der Waals surface area contributed by atoms with Gasteiger partial charge in [-0.15, -0.1) is 0 Å². The summed E-state index contributed by atoms with van der Waals surface area (Å²) in [6.45, 7) is 0.564. The predicted molar refractivity (Wildman–Crippen MR) is 75.8 cm³/mol. The molecule has 2 aromatic carbocycles. The van der Waals surface area contributed by atoms with Crippen LogP contribution < -0.4 is 0 Å². The van der Waals surface area contributed by atoms with Crippen LogP contribution in [-0.4, -0.2) is 17.4 Å². The summed E-state index contributed by atoms with van der Waals surface area (Å²) in [4.78, 5) is 14.2. The first-order valence-corrected chi connectivity index (χ1v) is 6.98. The van der Waals surface area contributed by atoms with Gasteiger partial charge in [0.05, 0.1) is 11.6 Å². The van der Waals surface area contributed by atoms with Gasteiger partial charge >= 0.3 is 0 Å². The number of hydrogen-bond donors (Lipinski definition) is 0. The van der Waals surface area contributed by atoms with E-state index in [1.165, 1.54) is 24.3 Å². The van der Waals surface area contributed by atoms with Crippen molar-refractivity contribution in [3.63, 3.8) is 0 Å². The predicted octanol–water partition coefficient (Wildman–Crippen LogP) is 3.94. The van der Waals surface area contributed by atoms with Crippen molar-refractivity contribution in [2.75, 3.05) is 6.54 Å². The molecule has 3 rings (SSSR count). The Morgan fingerprint density at radius 1 is 1.10 bits per heavy atom. The van der Waals surface area contributed by atoms with E-state index in [1.54, 1.807) is 29.2 Å². The average molecular weight is 287 g/mol. The Hall–Kier alpha value is -2.23. The van der Waals surface area contributed by atoms with Crippen molar-refractivity contribution in [1.29, 1.82) is 0 Å². The Labute approximate surface area is 122 Å². The number of rotatable bonds is 2. The van der Waals surface area contributed by atoms with Crippen molar-refractivity contribution >= 4 is 5.91 Å². The fourth-order valence-electron chi connectivity index (χ4n) is 2.86. The van der Waals surface area contributed by atoms with Crippen LogP contribution in [0.2, 0.25) is 0 Å². The van der Waals surface area contributed by atoms with E-state index in [2.05, 4.69) is 0 Å². The normalized spacial score (nSPS) is 18.0. The quantitative estimate of drug-likeness (QED) is 0.819. The van der Waals surface area contributed by atoms with Gasteiger partial charge in [-0.05, 0) is 42.7 Å². The largest absolute Gasteiger partial charge is 0.332 e. The topological polar surface area (TPSA) is 20.3 Å². The molecule has 1 amide bonds. The number of likely N-dealkylation sites (tertiary alicyclic amines) is 1. The first-order chi connectivity index (χ1) is 10.2. The van der Waals surface area contributed by atoms with Crippen molar-refractivity contribution in [2.24, 2.45) is 0 Å². The van der Waals surface area contributed by atoms with Crippen LogP contribution in [0.5, 0.6) is 0 Å². The van der Waals surface area contributed by atoms with Crippen LogP contribution in [0.4, 0.5) is 8.78 Å². The summed E-state index contributed by atoms with van der Waals surface area (Å²) < 4.78 is 27.2. The van der Waals surface area contributed by atoms with Crippen LogP contribution in [0.25, 0.3) is 0 Å². The van der Waals surface area contributed by atoms with Gasteiger partial charge in [0.1, 0.15) is 11.6 Å². The molecule has 4 heteroatoms. The molecule has 1 aliphatic heterocycles. The van der Waals surface area contributed by atoms with E-state index in [4.69, 9.17) is 0 Å². The molecule has 0 unspecified atom stereocenters. The Balaban J connectivity index is 1.91. The highest BCUT2D eigenvalue weighted by Gasteiger charge is 2.31. The number of benzene rings is 2. The molecular weight excluding hydrogens is 272 g/mol. The minimum atomic E-state index is -0.521. The summed E-state index contributed by atoms with van der Waals surface area (Å²) in [6.07, 6.45) is 1.60. The molecular formula is C17H15F2NO. The van der Waals surface area contributed by atoms with Crippen LogP contribution in [0, 0.1) is 11.6 Å². The Kier molecular flexibility index (Phi) is 3.69. The molecule has 2 nitrogen and oxygen atoms in total. The molecule has 0 radical (unpaired) electrons. The first-order valence-electron chi connectivity index (χ1n) is 6.98. The summed E-state index contributed by atoms with van der Waals surface area (Å²) in [5.74, 6) is -1.18. The van der Waals surface area contributed by atoms with E-state index in [0.29, 0.717) is 6.54 Å². The fourth-order valence-corrected chi connectivity index (χ4v) is 2.86. The highest BCUT2D eigenvalue weighted by molar-refractivity contribution is 5.95. The van der Waals surface area contributed by atoms with E-state index >= 15 is 0 Å². The van der Waals surface area contributed by atoms with Gasteiger partial charge in [0, 0.05) is 6.54 Å². The zero-order valence-electron chi connectivity index (χ0n) is 11.4.